The molecular weight excluding hydrogens is 120 g/mol. The number of hydrogen-bond acceptors (Lipinski definition) is 2. The first-order chi connectivity index (χ1) is 1.50. The molecule has 16 valence electrons. The zero-order valence-corrected chi connectivity index (χ0v) is 6.69. The molecule has 0 radical (unpaired) electrons. The zero-order valence-electron chi connectivity index (χ0n) is 2.31. The molecule has 0 N–H and O–H groups in total. The second kappa shape index (κ2) is 2.02. The predicted octanol–water partition coefficient (Wildman–Crippen LogP) is -0.284. The molecule has 1 aliphatic heterocycles. The van der Waals surface area contributed by atoms with Crippen LogP contribution in [0.1, 0.15) is 0 Å². The van der Waals surface area contributed by atoms with Crippen molar-refractivity contribution in [2.24, 2.45) is 8.20 Å². The SMILES string of the molecule is [N]1=[N][AlH]1.[Zn]. The summed E-state index contributed by atoms with van der Waals surface area (Å²) in [6.07, 6.45) is 0. The van der Waals surface area contributed by atoms with Gasteiger partial charge in [-0.05, 0) is 0 Å². The van der Waals surface area contributed by atoms with Gasteiger partial charge in [0.05, 0.1) is 0 Å². The van der Waals surface area contributed by atoms with E-state index in [-0.39, 0.29) is 35.1 Å². The summed E-state index contributed by atoms with van der Waals surface area (Å²) in [5.74, 6) is 0. The normalized spacial score (nSPS) is 12.0. The van der Waals surface area contributed by atoms with Gasteiger partial charge in [0.15, 0.2) is 0 Å². The van der Waals surface area contributed by atoms with E-state index in [2.05, 4.69) is 8.20 Å². The first kappa shape index (κ1) is 4.76. The molecule has 2 nitrogen and oxygen atoms in total. The molecule has 1 heterocycles. The van der Waals surface area contributed by atoms with Crippen LogP contribution in [-0.2, 0) is 19.5 Å². The van der Waals surface area contributed by atoms with Crippen LogP contribution >= 0.6 is 0 Å². The van der Waals surface area contributed by atoms with Crippen molar-refractivity contribution in [3.63, 3.8) is 0 Å². The molecule has 0 fully saturated rings. The van der Waals surface area contributed by atoms with Crippen molar-refractivity contribution in [3.05, 3.63) is 0 Å². The molecule has 1 aliphatic rings. The number of nitrogens with zero attached hydrogens (tertiary/aromatic N) is 2. The Labute approximate surface area is 43.6 Å². The standard InChI is InChI=1S/Al.N2.Zn.H/c;1-2;;/q+2;-2;;. The molecule has 0 aromatic rings. The van der Waals surface area contributed by atoms with E-state index >= 15 is 0 Å². The molecule has 4 heavy (non-hydrogen) atoms. The Bertz CT molecular complexity index is 29.0. The summed E-state index contributed by atoms with van der Waals surface area (Å²) in [4.78, 5) is 0. The third-order valence-electron chi connectivity index (χ3n) is 0.141. The second-order valence-electron chi connectivity index (χ2n) is 0.424. The van der Waals surface area contributed by atoms with Crippen molar-refractivity contribution in [2.75, 3.05) is 0 Å². The minimum absolute atomic E-state index is 0. The van der Waals surface area contributed by atoms with Crippen LogP contribution < -0.4 is 0 Å². The van der Waals surface area contributed by atoms with E-state index in [0.717, 1.165) is 0 Å². The van der Waals surface area contributed by atoms with Gasteiger partial charge in [0.2, 0.25) is 0 Å². The third kappa shape index (κ3) is 2.76. The van der Waals surface area contributed by atoms with E-state index in [1.54, 1.807) is 0 Å². The predicted molar refractivity (Wildman–Crippen MR) is 12.0 cm³/mol. The van der Waals surface area contributed by atoms with Crippen LogP contribution in [0.15, 0.2) is 8.20 Å². The molecular formula is HAlN2Zn. The van der Waals surface area contributed by atoms with Gasteiger partial charge in [-0.3, -0.25) is 0 Å². The maximum absolute atomic E-state index is 3.51. The summed E-state index contributed by atoms with van der Waals surface area (Å²) in [6, 6.07) is 0. The van der Waals surface area contributed by atoms with E-state index in [0.29, 0.717) is 0 Å². The summed E-state index contributed by atoms with van der Waals surface area (Å²) >= 11 is -0.0833. The van der Waals surface area contributed by atoms with E-state index in [9.17, 15) is 0 Å². The van der Waals surface area contributed by atoms with Crippen molar-refractivity contribution < 1.29 is 19.5 Å². The van der Waals surface area contributed by atoms with Crippen LogP contribution in [0.4, 0.5) is 0 Å². The molecule has 0 aromatic heterocycles. The van der Waals surface area contributed by atoms with Crippen LogP contribution in [0.3, 0.4) is 0 Å². The van der Waals surface area contributed by atoms with Gasteiger partial charge in [-0.1, -0.05) is 0 Å². The Balaban J connectivity index is 0.0000000900. The van der Waals surface area contributed by atoms with Gasteiger partial charge in [-0.15, -0.1) is 0 Å². The monoisotopic (exact) mass is 120 g/mol. The molecule has 0 amide bonds. The maximum atomic E-state index is 3.51. The van der Waals surface area contributed by atoms with Gasteiger partial charge in [0.25, 0.3) is 0 Å². The van der Waals surface area contributed by atoms with Gasteiger partial charge in [0, 0.05) is 19.5 Å². The largest absolute Gasteiger partial charge is 0.624 e. The maximum Gasteiger partial charge on any atom is 0.624 e. The third-order valence-corrected chi connectivity index (χ3v) is 0.424. The van der Waals surface area contributed by atoms with Crippen LogP contribution in [0.25, 0.3) is 0 Å². The fourth-order valence-electron chi connectivity index (χ4n) is 0. The van der Waals surface area contributed by atoms with Crippen molar-refractivity contribution in [3.8, 4) is 0 Å². The van der Waals surface area contributed by atoms with E-state index in [1.807, 2.05) is 0 Å². The van der Waals surface area contributed by atoms with Crippen molar-refractivity contribution in [2.45, 2.75) is 0 Å². The van der Waals surface area contributed by atoms with Crippen LogP contribution in [-0.4, -0.2) is 15.7 Å². The summed E-state index contributed by atoms with van der Waals surface area (Å²) in [7, 11) is 0. The first-order valence-corrected chi connectivity index (χ1v) is 2.10. The molecule has 0 bridgehead atoms. The van der Waals surface area contributed by atoms with Crippen LogP contribution in [0.5, 0.6) is 0 Å². The molecule has 1 rings (SSSR count). The number of rotatable bonds is 0. The Morgan fingerprint density at radius 1 is 1.25 bits per heavy atom. The molecule has 0 unspecified atom stereocenters. The Morgan fingerprint density at radius 2 is 1.50 bits per heavy atom. The van der Waals surface area contributed by atoms with Crippen LogP contribution in [0, 0.1) is 0 Å². The fourth-order valence-corrected chi connectivity index (χ4v) is 0. The van der Waals surface area contributed by atoms with Crippen molar-refractivity contribution in [1.29, 1.82) is 0 Å². The van der Waals surface area contributed by atoms with E-state index < -0.39 is 0 Å². The Kier molecular flexibility index (Phi) is 2.40. The summed E-state index contributed by atoms with van der Waals surface area (Å²) in [6.45, 7) is 0. The zero-order chi connectivity index (χ0) is 2.12. The van der Waals surface area contributed by atoms with Gasteiger partial charge in [-0.25, -0.2) is 0 Å². The van der Waals surface area contributed by atoms with Gasteiger partial charge >= 0.3 is 15.7 Å². The summed E-state index contributed by atoms with van der Waals surface area (Å²) in [5, 5.41) is 0. The number of hydrogen-bond donors (Lipinski definition) is 0. The smallest absolute Gasteiger partial charge is 0.313 e. The van der Waals surface area contributed by atoms with E-state index in [1.165, 1.54) is 0 Å². The summed E-state index contributed by atoms with van der Waals surface area (Å²) < 4.78 is 7.03. The Morgan fingerprint density at radius 3 is 1.50 bits per heavy atom. The average molecular weight is 121 g/mol. The first-order valence-electron chi connectivity index (χ1n) is 0.832. The minimum atomic E-state index is -0.0833. The molecule has 0 aliphatic carbocycles. The molecule has 0 saturated heterocycles. The second-order valence-corrected chi connectivity index (χ2v) is 1.27. The summed E-state index contributed by atoms with van der Waals surface area (Å²) in [5.41, 5.74) is 0. The Hall–Kier alpha value is 0.756. The average Bonchev–Trinajstić information content (AvgIpc) is 1.46. The van der Waals surface area contributed by atoms with Crippen molar-refractivity contribution in [1.82, 2.24) is 0 Å². The molecule has 0 aromatic carbocycles. The molecule has 0 spiro atoms. The molecule has 4 heteroatoms. The van der Waals surface area contributed by atoms with Crippen LogP contribution in [0.2, 0.25) is 0 Å². The molecule has 0 saturated carbocycles. The van der Waals surface area contributed by atoms with Gasteiger partial charge in [0.1, 0.15) is 0 Å². The molecule has 0 atom stereocenters. The van der Waals surface area contributed by atoms with Crippen molar-refractivity contribution >= 4 is 15.7 Å². The topological polar surface area (TPSA) is 24.7 Å². The minimum Gasteiger partial charge on any atom is -0.313 e. The fraction of sp³-hybridized carbons (Fsp3) is 0. The van der Waals surface area contributed by atoms with Gasteiger partial charge < -0.3 is 8.20 Å². The van der Waals surface area contributed by atoms with E-state index in [4.69, 9.17) is 0 Å². The quantitative estimate of drug-likeness (QED) is 0.394. The van der Waals surface area contributed by atoms with Gasteiger partial charge in [-0.2, -0.15) is 0 Å².